The van der Waals surface area contributed by atoms with Crippen molar-refractivity contribution in [2.24, 2.45) is 11.8 Å². The normalized spacial score (nSPS) is 21.6. The zero-order valence-corrected chi connectivity index (χ0v) is 25.1. The Morgan fingerprint density at radius 2 is 1.95 bits per heavy atom. The average Bonchev–Trinajstić information content (AvgIpc) is 3.18. The first-order chi connectivity index (χ1) is 18.8. The van der Waals surface area contributed by atoms with Crippen LogP contribution >= 0.6 is 0 Å². The van der Waals surface area contributed by atoms with E-state index in [9.17, 15) is 17.6 Å². The molecule has 1 amide bonds. The highest BCUT2D eigenvalue weighted by Crippen LogP contribution is 2.39. The molecule has 4 rings (SSSR count). The number of ether oxygens (including phenoxy) is 2. The van der Waals surface area contributed by atoms with Gasteiger partial charge in [0.15, 0.2) is 0 Å². The smallest absolute Gasteiger partial charge is 0.304 e. The summed E-state index contributed by atoms with van der Waals surface area (Å²) < 4.78 is 55.5. The fourth-order valence-electron chi connectivity index (χ4n) is 5.21. The van der Waals surface area contributed by atoms with E-state index >= 15 is 0 Å². The summed E-state index contributed by atoms with van der Waals surface area (Å²) >= 11 is 0. The quantitative estimate of drug-likeness (QED) is 0.464. The number of halogens is 1. The van der Waals surface area contributed by atoms with E-state index in [4.69, 9.17) is 14.5 Å². The highest BCUT2D eigenvalue weighted by molar-refractivity contribution is 7.87. The number of amides is 1. The van der Waals surface area contributed by atoms with Gasteiger partial charge in [-0.05, 0) is 69.2 Å². The number of pyridine rings is 1. The molecule has 11 heteroatoms. The summed E-state index contributed by atoms with van der Waals surface area (Å²) in [7, 11) is -2.55. The third kappa shape index (κ3) is 6.58. The van der Waals surface area contributed by atoms with E-state index in [-0.39, 0.29) is 29.7 Å². The van der Waals surface area contributed by atoms with Crippen LogP contribution in [0.2, 0.25) is 0 Å². The second-order valence-electron chi connectivity index (χ2n) is 11.7. The van der Waals surface area contributed by atoms with Crippen LogP contribution in [0.3, 0.4) is 0 Å². The Hall–Kier alpha value is -2.76. The number of hydrogen-bond donors (Lipinski definition) is 1. The summed E-state index contributed by atoms with van der Waals surface area (Å²) in [6.45, 7) is 11.9. The lowest BCUT2D eigenvalue weighted by molar-refractivity contribution is 0.0566. The number of nitrogens with one attached hydrogen (secondary N) is 1. The Kier molecular flexibility index (Phi) is 9.06. The standard InChI is InChI=1S/C29H41FN4O5S/c1-19(2)18-39-24-15-21(14-22(30)16-24)26-10-9-25(27(31-26)34-13-11-20(3)29(34,4)5)28(35)32-40(36,37)33-12-7-8-23(17-33)38-6/h9-10,14-16,19-20,23H,7-8,11-13,17-18H2,1-6H3,(H,32,35). The number of benzene rings is 1. The van der Waals surface area contributed by atoms with E-state index in [1.807, 2.05) is 18.7 Å². The van der Waals surface area contributed by atoms with Crippen LogP contribution < -0.4 is 14.4 Å². The molecule has 0 bridgehead atoms. The Balaban J connectivity index is 1.71. The number of nitrogens with zero attached hydrogens (tertiary/aromatic N) is 3. The van der Waals surface area contributed by atoms with Gasteiger partial charge in [0.25, 0.3) is 5.91 Å². The maximum atomic E-state index is 14.6. The first kappa shape index (κ1) is 30.2. The van der Waals surface area contributed by atoms with Gasteiger partial charge in [0.1, 0.15) is 17.4 Å². The number of methoxy groups -OCH3 is 1. The molecule has 2 aliphatic rings. The van der Waals surface area contributed by atoms with Gasteiger partial charge in [-0.15, -0.1) is 0 Å². The zero-order chi connectivity index (χ0) is 29.2. The van der Waals surface area contributed by atoms with Crippen molar-refractivity contribution >= 4 is 21.9 Å². The molecule has 1 aromatic heterocycles. The maximum Gasteiger partial charge on any atom is 0.304 e. The summed E-state index contributed by atoms with van der Waals surface area (Å²) in [6.07, 6.45) is 2.08. The van der Waals surface area contributed by atoms with Crippen molar-refractivity contribution in [2.45, 2.75) is 65.5 Å². The van der Waals surface area contributed by atoms with Crippen molar-refractivity contribution in [2.75, 3.05) is 38.3 Å². The number of anilines is 1. The van der Waals surface area contributed by atoms with Crippen LogP contribution in [0.15, 0.2) is 30.3 Å². The fraction of sp³-hybridized carbons (Fsp3) is 0.586. The molecular weight excluding hydrogens is 535 g/mol. The first-order valence-corrected chi connectivity index (χ1v) is 15.3. The van der Waals surface area contributed by atoms with Crippen LogP contribution in [0.1, 0.15) is 64.2 Å². The van der Waals surface area contributed by atoms with E-state index in [0.29, 0.717) is 54.9 Å². The van der Waals surface area contributed by atoms with Gasteiger partial charge in [0.05, 0.1) is 24.0 Å². The minimum Gasteiger partial charge on any atom is -0.493 e. The van der Waals surface area contributed by atoms with Crippen molar-refractivity contribution in [1.29, 1.82) is 0 Å². The molecule has 1 N–H and O–H groups in total. The topological polar surface area (TPSA) is 101 Å². The SMILES string of the molecule is COC1CCCN(S(=O)(=O)NC(=O)c2ccc(-c3cc(F)cc(OCC(C)C)c3)nc2N2CCC(C)C2(C)C)C1. The van der Waals surface area contributed by atoms with Crippen molar-refractivity contribution in [3.8, 4) is 17.0 Å². The van der Waals surface area contributed by atoms with Gasteiger partial charge < -0.3 is 14.4 Å². The van der Waals surface area contributed by atoms with Gasteiger partial charge in [-0.2, -0.15) is 12.7 Å². The molecule has 3 heterocycles. The molecule has 2 saturated heterocycles. The van der Waals surface area contributed by atoms with Crippen LogP contribution in [0, 0.1) is 17.7 Å². The lowest BCUT2D eigenvalue weighted by Gasteiger charge is -2.37. The van der Waals surface area contributed by atoms with Crippen molar-refractivity contribution in [3.63, 3.8) is 0 Å². The summed E-state index contributed by atoms with van der Waals surface area (Å²) in [5.74, 6) is 0.118. The van der Waals surface area contributed by atoms with E-state index in [2.05, 4.69) is 25.5 Å². The summed E-state index contributed by atoms with van der Waals surface area (Å²) in [4.78, 5) is 20.4. The van der Waals surface area contributed by atoms with Crippen molar-refractivity contribution in [3.05, 3.63) is 41.7 Å². The molecule has 1 aromatic carbocycles. The largest absolute Gasteiger partial charge is 0.493 e. The molecule has 220 valence electrons. The van der Waals surface area contributed by atoms with E-state index in [1.54, 1.807) is 25.3 Å². The Morgan fingerprint density at radius 3 is 2.60 bits per heavy atom. The number of rotatable bonds is 9. The third-order valence-electron chi connectivity index (χ3n) is 8.05. The molecular formula is C29H41FN4O5S. The zero-order valence-electron chi connectivity index (χ0n) is 24.2. The van der Waals surface area contributed by atoms with Crippen LogP contribution in [0.5, 0.6) is 5.75 Å². The molecule has 9 nitrogen and oxygen atoms in total. The minimum absolute atomic E-state index is 0.141. The van der Waals surface area contributed by atoms with Crippen LogP contribution in [0.25, 0.3) is 11.3 Å². The lowest BCUT2D eigenvalue weighted by Crippen LogP contribution is -2.50. The lowest BCUT2D eigenvalue weighted by atomic mass is 9.90. The van der Waals surface area contributed by atoms with Crippen LogP contribution in [-0.4, -0.2) is 68.6 Å². The van der Waals surface area contributed by atoms with Crippen LogP contribution in [-0.2, 0) is 14.9 Å². The van der Waals surface area contributed by atoms with Gasteiger partial charge in [-0.25, -0.2) is 14.1 Å². The number of piperidine rings is 1. The molecule has 40 heavy (non-hydrogen) atoms. The number of carbonyl (C=O) groups excluding carboxylic acids is 1. The molecule has 0 aliphatic carbocycles. The molecule has 2 fully saturated rings. The van der Waals surface area contributed by atoms with Gasteiger partial charge in [0.2, 0.25) is 0 Å². The summed E-state index contributed by atoms with van der Waals surface area (Å²) in [5.41, 5.74) is 0.759. The van der Waals surface area contributed by atoms with Gasteiger partial charge in [-0.3, -0.25) is 4.79 Å². The van der Waals surface area contributed by atoms with Crippen molar-refractivity contribution in [1.82, 2.24) is 14.0 Å². The molecule has 2 aromatic rings. The Labute approximate surface area is 237 Å². The maximum absolute atomic E-state index is 14.6. The summed E-state index contributed by atoms with van der Waals surface area (Å²) in [5, 5.41) is 0. The van der Waals surface area contributed by atoms with E-state index in [0.717, 1.165) is 12.8 Å². The third-order valence-corrected chi connectivity index (χ3v) is 9.50. The van der Waals surface area contributed by atoms with Crippen LogP contribution in [0.4, 0.5) is 10.2 Å². The molecule has 2 unspecified atom stereocenters. The molecule has 0 spiro atoms. The molecule has 0 saturated carbocycles. The monoisotopic (exact) mass is 576 g/mol. The molecule has 0 radical (unpaired) electrons. The van der Waals surface area contributed by atoms with Gasteiger partial charge in [0, 0.05) is 43.9 Å². The Morgan fingerprint density at radius 1 is 1.20 bits per heavy atom. The molecule has 2 aliphatic heterocycles. The highest BCUT2D eigenvalue weighted by Gasteiger charge is 2.41. The number of hydrogen-bond acceptors (Lipinski definition) is 7. The van der Waals surface area contributed by atoms with Gasteiger partial charge >= 0.3 is 10.2 Å². The van der Waals surface area contributed by atoms with Crippen molar-refractivity contribution < 1.29 is 27.1 Å². The fourth-order valence-corrected chi connectivity index (χ4v) is 6.42. The first-order valence-electron chi connectivity index (χ1n) is 13.9. The summed E-state index contributed by atoms with van der Waals surface area (Å²) in [6, 6.07) is 7.61. The minimum atomic E-state index is -4.10. The predicted molar refractivity (Wildman–Crippen MR) is 153 cm³/mol. The highest BCUT2D eigenvalue weighted by atomic mass is 32.2. The average molecular weight is 577 g/mol. The molecule has 2 atom stereocenters. The second kappa shape index (κ2) is 12.0. The van der Waals surface area contributed by atoms with Gasteiger partial charge in [-0.1, -0.05) is 20.8 Å². The Bertz CT molecular complexity index is 1330. The van der Waals surface area contributed by atoms with E-state index < -0.39 is 21.9 Å². The number of carbonyl (C=O) groups is 1. The predicted octanol–water partition coefficient (Wildman–Crippen LogP) is 4.63. The second-order valence-corrected chi connectivity index (χ2v) is 13.4. The van der Waals surface area contributed by atoms with E-state index in [1.165, 1.54) is 16.4 Å². The number of aromatic nitrogens is 1.